The summed E-state index contributed by atoms with van der Waals surface area (Å²) in [5.41, 5.74) is 0.949. The molecular formula is C16H18O4. The Hall–Kier alpha value is -2.28. The van der Waals surface area contributed by atoms with Crippen LogP contribution in [-0.2, 0) is 20.7 Å². The Labute approximate surface area is 119 Å². The molecule has 1 atom stereocenters. The van der Waals surface area contributed by atoms with Crippen LogP contribution in [0.15, 0.2) is 24.3 Å². The molecule has 0 aliphatic heterocycles. The fourth-order valence-electron chi connectivity index (χ4n) is 1.56. The quantitative estimate of drug-likeness (QED) is 0.454. The number of rotatable bonds is 6. The van der Waals surface area contributed by atoms with Gasteiger partial charge in [0.2, 0.25) is 0 Å². The van der Waals surface area contributed by atoms with Crippen molar-refractivity contribution >= 4 is 11.9 Å². The lowest BCUT2D eigenvalue weighted by Gasteiger charge is -2.09. The molecule has 0 N–H and O–H groups in total. The van der Waals surface area contributed by atoms with E-state index in [4.69, 9.17) is 15.9 Å². The van der Waals surface area contributed by atoms with Crippen LogP contribution in [0, 0.1) is 12.3 Å². The number of aryl methyl sites for hydroxylation is 1. The third-order valence-corrected chi connectivity index (χ3v) is 2.65. The predicted octanol–water partition coefficient (Wildman–Crippen LogP) is 2.50. The number of hydrogen-bond acceptors (Lipinski definition) is 4. The number of carbonyl (C=O) groups excluding carboxylic acids is 2. The van der Waals surface area contributed by atoms with Crippen LogP contribution in [0.3, 0.4) is 0 Å². The summed E-state index contributed by atoms with van der Waals surface area (Å²) in [5.74, 6) is 1.85. The van der Waals surface area contributed by atoms with Crippen molar-refractivity contribution < 1.29 is 19.1 Å². The van der Waals surface area contributed by atoms with Gasteiger partial charge in [-0.05, 0) is 25.0 Å². The lowest BCUT2D eigenvalue weighted by Crippen LogP contribution is -2.16. The summed E-state index contributed by atoms with van der Waals surface area (Å²) in [7, 11) is 0. The number of terminal acetylenes is 1. The molecule has 0 bridgehead atoms. The molecule has 4 nitrogen and oxygen atoms in total. The van der Waals surface area contributed by atoms with E-state index in [1.54, 1.807) is 19.1 Å². The number of esters is 2. The van der Waals surface area contributed by atoms with Gasteiger partial charge >= 0.3 is 11.9 Å². The van der Waals surface area contributed by atoms with Gasteiger partial charge < -0.3 is 9.47 Å². The predicted molar refractivity (Wildman–Crippen MR) is 75.1 cm³/mol. The van der Waals surface area contributed by atoms with Crippen molar-refractivity contribution in [3.8, 4) is 18.1 Å². The average Bonchev–Trinajstić information content (AvgIpc) is 2.45. The van der Waals surface area contributed by atoms with Crippen molar-refractivity contribution in [2.45, 2.75) is 39.2 Å². The number of hydrogen-bond donors (Lipinski definition) is 0. The Bertz CT molecular complexity index is 513. The van der Waals surface area contributed by atoms with Crippen LogP contribution in [-0.4, -0.2) is 18.0 Å². The standard InChI is InChI=1S/C16H18O4/c1-4-12(3)19-15(17)10-11-16(18)20-14-9-7-6-8-13(14)5-2/h1,6-9,12H,5,10-11H2,2-3H3. The largest absolute Gasteiger partial charge is 0.449 e. The zero-order valence-electron chi connectivity index (χ0n) is 11.7. The van der Waals surface area contributed by atoms with Gasteiger partial charge in [-0.25, -0.2) is 0 Å². The third-order valence-electron chi connectivity index (χ3n) is 2.65. The highest BCUT2D eigenvalue weighted by molar-refractivity contribution is 5.79. The Morgan fingerprint density at radius 2 is 1.90 bits per heavy atom. The van der Waals surface area contributed by atoms with Crippen molar-refractivity contribution in [3.63, 3.8) is 0 Å². The first-order valence-corrected chi connectivity index (χ1v) is 6.51. The Morgan fingerprint density at radius 1 is 1.25 bits per heavy atom. The van der Waals surface area contributed by atoms with Crippen molar-refractivity contribution in [2.24, 2.45) is 0 Å². The van der Waals surface area contributed by atoms with E-state index in [9.17, 15) is 9.59 Å². The van der Waals surface area contributed by atoms with Gasteiger partial charge in [0.15, 0.2) is 6.10 Å². The first-order chi connectivity index (χ1) is 9.56. The van der Waals surface area contributed by atoms with Gasteiger partial charge in [-0.2, -0.15) is 0 Å². The monoisotopic (exact) mass is 274 g/mol. The lowest BCUT2D eigenvalue weighted by atomic mass is 10.1. The molecule has 0 fully saturated rings. The van der Waals surface area contributed by atoms with Gasteiger partial charge in [0.1, 0.15) is 5.75 Å². The van der Waals surface area contributed by atoms with E-state index in [1.165, 1.54) is 0 Å². The minimum atomic E-state index is -0.584. The minimum Gasteiger partial charge on any atom is -0.449 e. The number of para-hydroxylation sites is 1. The molecule has 1 unspecified atom stereocenters. The molecule has 0 spiro atoms. The maximum Gasteiger partial charge on any atom is 0.311 e. The highest BCUT2D eigenvalue weighted by atomic mass is 16.5. The number of ether oxygens (including phenoxy) is 2. The Kier molecular flexibility index (Phi) is 6.31. The smallest absolute Gasteiger partial charge is 0.311 e. The molecule has 1 aromatic rings. The molecule has 106 valence electrons. The van der Waals surface area contributed by atoms with Crippen LogP contribution in [0.4, 0.5) is 0 Å². The Balaban J connectivity index is 2.45. The summed E-state index contributed by atoms with van der Waals surface area (Å²) in [5, 5.41) is 0. The maximum atomic E-state index is 11.7. The minimum absolute atomic E-state index is 0.0336. The second-order valence-electron chi connectivity index (χ2n) is 4.23. The highest BCUT2D eigenvalue weighted by Gasteiger charge is 2.13. The molecule has 1 aromatic carbocycles. The van der Waals surface area contributed by atoms with E-state index < -0.39 is 18.0 Å². The molecule has 0 aliphatic carbocycles. The van der Waals surface area contributed by atoms with Gasteiger partial charge in [0, 0.05) is 0 Å². The van der Waals surface area contributed by atoms with Gasteiger partial charge in [-0.1, -0.05) is 31.0 Å². The molecule has 0 heterocycles. The molecule has 0 aromatic heterocycles. The summed E-state index contributed by atoms with van der Waals surface area (Å²) < 4.78 is 10.1. The maximum absolute atomic E-state index is 11.7. The topological polar surface area (TPSA) is 52.6 Å². The summed E-state index contributed by atoms with van der Waals surface area (Å²) in [6, 6.07) is 7.31. The SMILES string of the molecule is C#CC(C)OC(=O)CCC(=O)Oc1ccccc1CC. The van der Waals surface area contributed by atoms with Crippen LogP contribution in [0.1, 0.15) is 32.3 Å². The van der Waals surface area contributed by atoms with E-state index >= 15 is 0 Å². The van der Waals surface area contributed by atoms with Crippen LogP contribution in [0.2, 0.25) is 0 Å². The van der Waals surface area contributed by atoms with E-state index in [1.807, 2.05) is 19.1 Å². The van der Waals surface area contributed by atoms with Gasteiger partial charge in [-0.15, -0.1) is 6.42 Å². The lowest BCUT2D eigenvalue weighted by molar-refractivity contribution is -0.148. The molecule has 0 saturated carbocycles. The molecule has 0 radical (unpaired) electrons. The summed E-state index contributed by atoms with van der Waals surface area (Å²) in [6.07, 6.45) is 5.20. The second-order valence-corrected chi connectivity index (χ2v) is 4.23. The first-order valence-electron chi connectivity index (χ1n) is 6.51. The summed E-state index contributed by atoms with van der Waals surface area (Å²) >= 11 is 0. The summed E-state index contributed by atoms with van der Waals surface area (Å²) in [6.45, 7) is 3.57. The van der Waals surface area contributed by atoms with E-state index in [-0.39, 0.29) is 12.8 Å². The van der Waals surface area contributed by atoms with Crippen molar-refractivity contribution in [3.05, 3.63) is 29.8 Å². The van der Waals surface area contributed by atoms with Crippen LogP contribution < -0.4 is 4.74 Å². The molecule has 20 heavy (non-hydrogen) atoms. The second kappa shape index (κ2) is 8.00. The van der Waals surface area contributed by atoms with E-state index in [0.717, 1.165) is 12.0 Å². The molecule has 0 aliphatic rings. The van der Waals surface area contributed by atoms with Gasteiger partial charge in [-0.3, -0.25) is 9.59 Å². The van der Waals surface area contributed by atoms with Crippen LogP contribution in [0.25, 0.3) is 0 Å². The number of carbonyl (C=O) groups is 2. The summed E-state index contributed by atoms with van der Waals surface area (Å²) in [4.78, 5) is 23.0. The number of benzene rings is 1. The average molecular weight is 274 g/mol. The molecule has 0 saturated heterocycles. The van der Waals surface area contributed by atoms with Crippen molar-refractivity contribution in [1.29, 1.82) is 0 Å². The fourth-order valence-corrected chi connectivity index (χ4v) is 1.56. The highest BCUT2D eigenvalue weighted by Crippen LogP contribution is 2.19. The zero-order valence-corrected chi connectivity index (χ0v) is 11.7. The third kappa shape index (κ3) is 5.15. The van der Waals surface area contributed by atoms with Gasteiger partial charge in [0.05, 0.1) is 12.8 Å². The van der Waals surface area contributed by atoms with Crippen LogP contribution >= 0.6 is 0 Å². The first kappa shape index (κ1) is 15.8. The Morgan fingerprint density at radius 3 is 2.55 bits per heavy atom. The van der Waals surface area contributed by atoms with E-state index in [2.05, 4.69) is 5.92 Å². The van der Waals surface area contributed by atoms with Gasteiger partial charge in [0.25, 0.3) is 0 Å². The van der Waals surface area contributed by atoms with Crippen LogP contribution in [0.5, 0.6) is 5.75 Å². The molecule has 4 heteroatoms. The normalized spacial score (nSPS) is 11.2. The molecular weight excluding hydrogens is 256 g/mol. The van der Waals surface area contributed by atoms with Crippen molar-refractivity contribution in [2.75, 3.05) is 0 Å². The molecule has 1 rings (SSSR count). The van der Waals surface area contributed by atoms with E-state index in [0.29, 0.717) is 5.75 Å². The zero-order chi connectivity index (χ0) is 15.0. The van der Waals surface area contributed by atoms with Crippen molar-refractivity contribution in [1.82, 2.24) is 0 Å². The fraction of sp³-hybridized carbons (Fsp3) is 0.375. The molecule has 0 amide bonds.